The van der Waals surface area contributed by atoms with Crippen LogP contribution in [-0.2, 0) is 17.6 Å². The third-order valence-electron chi connectivity index (χ3n) is 4.16. The van der Waals surface area contributed by atoms with Crippen LogP contribution in [0.2, 0.25) is 0 Å². The lowest BCUT2D eigenvalue weighted by molar-refractivity contribution is -0.140. The Balaban J connectivity index is 2.21. The van der Waals surface area contributed by atoms with E-state index in [0.29, 0.717) is 6.42 Å². The Morgan fingerprint density at radius 1 is 1.40 bits per heavy atom. The van der Waals surface area contributed by atoms with Crippen molar-refractivity contribution < 1.29 is 9.90 Å². The molecule has 2 aromatic rings. The van der Waals surface area contributed by atoms with E-state index in [9.17, 15) is 9.90 Å². The van der Waals surface area contributed by atoms with Crippen molar-refractivity contribution in [3.63, 3.8) is 0 Å². The van der Waals surface area contributed by atoms with Gasteiger partial charge in [0.25, 0.3) is 0 Å². The van der Waals surface area contributed by atoms with Gasteiger partial charge in [0.15, 0.2) is 0 Å². The van der Waals surface area contributed by atoms with E-state index < -0.39 is 12.0 Å². The minimum Gasteiger partial charge on any atom is -0.480 e. The van der Waals surface area contributed by atoms with Gasteiger partial charge in [0, 0.05) is 0 Å². The Hall–Kier alpha value is -2.04. The molecule has 0 spiro atoms. The molecule has 1 aliphatic rings. The van der Waals surface area contributed by atoms with E-state index in [-0.39, 0.29) is 5.95 Å². The van der Waals surface area contributed by atoms with Gasteiger partial charge in [0.05, 0.1) is 11.0 Å². The summed E-state index contributed by atoms with van der Waals surface area (Å²) < 4.78 is 1.66. The Kier molecular flexibility index (Phi) is 3.12. The normalized spacial score (nSPS) is 16.1. The second-order valence-electron chi connectivity index (χ2n) is 5.42. The predicted molar refractivity (Wildman–Crippen MR) is 77.8 cm³/mol. The molecular formula is C15H19N3O2. The van der Waals surface area contributed by atoms with Crippen LogP contribution < -0.4 is 5.73 Å². The second kappa shape index (κ2) is 4.81. The first kappa shape index (κ1) is 13.0. The molecule has 1 heterocycles. The molecule has 106 valence electrons. The molecular weight excluding hydrogens is 254 g/mol. The number of hydrogen-bond acceptors (Lipinski definition) is 3. The van der Waals surface area contributed by atoms with Crippen LogP contribution in [0.5, 0.6) is 0 Å². The van der Waals surface area contributed by atoms with Crippen LogP contribution in [-0.4, -0.2) is 20.6 Å². The van der Waals surface area contributed by atoms with E-state index in [1.54, 1.807) is 4.57 Å². The maximum absolute atomic E-state index is 11.4. The highest BCUT2D eigenvalue weighted by Gasteiger charge is 2.23. The minimum absolute atomic E-state index is 0.289. The van der Waals surface area contributed by atoms with Crippen molar-refractivity contribution in [2.75, 3.05) is 5.73 Å². The van der Waals surface area contributed by atoms with Crippen LogP contribution >= 0.6 is 0 Å². The fraction of sp³-hybridized carbons (Fsp3) is 0.467. The molecule has 1 unspecified atom stereocenters. The predicted octanol–water partition coefficient (Wildman–Crippen LogP) is 2.53. The Morgan fingerprint density at radius 3 is 2.65 bits per heavy atom. The number of aryl methyl sites for hydroxylation is 2. The van der Waals surface area contributed by atoms with Crippen LogP contribution in [0.1, 0.15) is 43.4 Å². The summed E-state index contributed by atoms with van der Waals surface area (Å²) in [5.41, 5.74) is 10.2. The van der Waals surface area contributed by atoms with E-state index in [1.807, 2.05) is 6.92 Å². The van der Waals surface area contributed by atoms with E-state index in [1.165, 1.54) is 24.0 Å². The SMILES string of the molecule is CCC(C(=O)O)n1c(N)nc2cc3c(cc21)CCCC3. The summed E-state index contributed by atoms with van der Waals surface area (Å²) in [7, 11) is 0. The average Bonchev–Trinajstić information content (AvgIpc) is 2.73. The van der Waals surface area contributed by atoms with E-state index in [2.05, 4.69) is 17.1 Å². The van der Waals surface area contributed by atoms with Crippen LogP contribution in [0, 0.1) is 0 Å². The number of carboxylic acids is 1. The van der Waals surface area contributed by atoms with Crippen LogP contribution in [0.15, 0.2) is 12.1 Å². The number of nitrogen functional groups attached to an aromatic ring is 1. The smallest absolute Gasteiger partial charge is 0.326 e. The van der Waals surface area contributed by atoms with Crippen molar-refractivity contribution in [3.05, 3.63) is 23.3 Å². The van der Waals surface area contributed by atoms with Gasteiger partial charge in [-0.3, -0.25) is 4.57 Å². The van der Waals surface area contributed by atoms with Crippen LogP contribution in [0.25, 0.3) is 11.0 Å². The summed E-state index contributed by atoms with van der Waals surface area (Å²) >= 11 is 0. The number of rotatable bonds is 3. The molecule has 0 radical (unpaired) electrons. The number of carboxylic acid groups (broad SMARTS) is 1. The molecule has 0 aliphatic heterocycles. The highest BCUT2D eigenvalue weighted by atomic mass is 16.4. The lowest BCUT2D eigenvalue weighted by Crippen LogP contribution is -2.20. The topological polar surface area (TPSA) is 81.1 Å². The first-order valence-electron chi connectivity index (χ1n) is 7.13. The zero-order chi connectivity index (χ0) is 14.3. The second-order valence-corrected chi connectivity index (χ2v) is 5.42. The third kappa shape index (κ3) is 1.94. The van der Waals surface area contributed by atoms with Gasteiger partial charge in [0.2, 0.25) is 5.95 Å². The van der Waals surface area contributed by atoms with Crippen LogP contribution in [0.4, 0.5) is 5.95 Å². The molecule has 3 N–H and O–H groups in total. The molecule has 0 amide bonds. The van der Waals surface area contributed by atoms with E-state index in [0.717, 1.165) is 23.9 Å². The van der Waals surface area contributed by atoms with Crippen molar-refractivity contribution in [1.82, 2.24) is 9.55 Å². The Morgan fingerprint density at radius 2 is 2.05 bits per heavy atom. The molecule has 5 heteroatoms. The molecule has 1 aromatic heterocycles. The van der Waals surface area contributed by atoms with Crippen molar-refractivity contribution in [1.29, 1.82) is 0 Å². The monoisotopic (exact) mass is 273 g/mol. The quantitative estimate of drug-likeness (QED) is 0.900. The molecule has 1 aromatic carbocycles. The van der Waals surface area contributed by atoms with Crippen molar-refractivity contribution in [2.24, 2.45) is 0 Å². The number of carbonyl (C=O) groups is 1. The number of anilines is 1. The molecule has 0 fully saturated rings. The fourth-order valence-electron chi connectivity index (χ4n) is 3.14. The number of fused-ring (bicyclic) bond motifs is 2. The van der Waals surface area contributed by atoms with E-state index >= 15 is 0 Å². The summed E-state index contributed by atoms with van der Waals surface area (Å²) in [5.74, 6) is -0.576. The maximum atomic E-state index is 11.4. The highest BCUT2D eigenvalue weighted by Crippen LogP contribution is 2.30. The van der Waals surface area contributed by atoms with Gasteiger partial charge in [-0.1, -0.05) is 6.92 Å². The maximum Gasteiger partial charge on any atom is 0.326 e. The molecule has 5 nitrogen and oxygen atoms in total. The first-order chi connectivity index (χ1) is 9.61. The molecule has 20 heavy (non-hydrogen) atoms. The van der Waals surface area contributed by atoms with Crippen molar-refractivity contribution >= 4 is 23.0 Å². The number of hydrogen-bond donors (Lipinski definition) is 2. The Labute approximate surface area is 117 Å². The fourth-order valence-corrected chi connectivity index (χ4v) is 3.14. The molecule has 3 rings (SSSR count). The van der Waals surface area contributed by atoms with Crippen molar-refractivity contribution in [2.45, 2.75) is 45.1 Å². The molecule has 1 aliphatic carbocycles. The molecule has 0 saturated carbocycles. The lowest BCUT2D eigenvalue weighted by Gasteiger charge is -2.18. The number of aromatic nitrogens is 2. The average molecular weight is 273 g/mol. The minimum atomic E-state index is -0.865. The summed E-state index contributed by atoms with van der Waals surface area (Å²) in [6.07, 6.45) is 5.02. The van der Waals surface area contributed by atoms with Gasteiger partial charge in [-0.2, -0.15) is 0 Å². The van der Waals surface area contributed by atoms with Crippen LogP contribution in [0.3, 0.4) is 0 Å². The standard InChI is InChI=1S/C15H19N3O2/c1-2-12(14(19)20)18-13-8-10-6-4-3-5-9(10)7-11(13)17-15(18)16/h7-8,12H,2-6H2,1H3,(H2,16,17)(H,19,20). The molecule has 0 saturated heterocycles. The highest BCUT2D eigenvalue weighted by molar-refractivity contribution is 5.84. The summed E-state index contributed by atoms with van der Waals surface area (Å²) in [5, 5.41) is 9.36. The number of nitrogens with zero attached hydrogens (tertiary/aromatic N) is 2. The van der Waals surface area contributed by atoms with Gasteiger partial charge in [0.1, 0.15) is 6.04 Å². The lowest BCUT2D eigenvalue weighted by atomic mass is 9.91. The van der Waals surface area contributed by atoms with Gasteiger partial charge in [-0.05, 0) is 55.4 Å². The van der Waals surface area contributed by atoms with Gasteiger partial charge in [-0.15, -0.1) is 0 Å². The molecule has 1 atom stereocenters. The van der Waals surface area contributed by atoms with Crippen molar-refractivity contribution in [3.8, 4) is 0 Å². The summed E-state index contributed by atoms with van der Waals surface area (Å²) in [6.45, 7) is 1.85. The van der Waals surface area contributed by atoms with E-state index in [4.69, 9.17) is 5.73 Å². The number of aliphatic carboxylic acids is 1. The summed E-state index contributed by atoms with van der Waals surface area (Å²) in [6, 6.07) is 3.51. The zero-order valence-electron chi connectivity index (χ0n) is 11.6. The zero-order valence-corrected chi connectivity index (χ0v) is 11.6. The number of benzene rings is 1. The van der Waals surface area contributed by atoms with Gasteiger partial charge in [-0.25, -0.2) is 9.78 Å². The Bertz CT molecular complexity index is 675. The molecule has 0 bridgehead atoms. The largest absolute Gasteiger partial charge is 0.480 e. The van der Waals surface area contributed by atoms with Gasteiger partial charge < -0.3 is 10.8 Å². The first-order valence-corrected chi connectivity index (χ1v) is 7.13. The summed E-state index contributed by atoms with van der Waals surface area (Å²) in [4.78, 5) is 15.8. The number of imidazole rings is 1. The number of nitrogens with two attached hydrogens (primary N) is 1. The third-order valence-corrected chi connectivity index (χ3v) is 4.16. The van der Waals surface area contributed by atoms with Gasteiger partial charge >= 0.3 is 5.97 Å².